The molecule has 0 aliphatic carbocycles. The lowest BCUT2D eigenvalue weighted by Crippen LogP contribution is -2.15. The summed E-state index contributed by atoms with van der Waals surface area (Å²) in [5, 5.41) is 3.27. The van der Waals surface area contributed by atoms with Gasteiger partial charge in [0.05, 0.1) is 23.9 Å². The van der Waals surface area contributed by atoms with Crippen LogP contribution in [-0.4, -0.2) is 32.3 Å². The zero-order valence-corrected chi connectivity index (χ0v) is 16.5. The molecule has 1 aliphatic rings. The van der Waals surface area contributed by atoms with E-state index in [1.165, 1.54) is 6.08 Å². The predicted molar refractivity (Wildman–Crippen MR) is 109 cm³/mol. The van der Waals surface area contributed by atoms with E-state index >= 15 is 0 Å². The number of fused-ring (bicyclic) bond motifs is 1. The first-order valence-corrected chi connectivity index (χ1v) is 9.46. The van der Waals surface area contributed by atoms with Crippen molar-refractivity contribution in [3.63, 3.8) is 0 Å². The Hall–Kier alpha value is -2.86. The van der Waals surface area contributed by atoms with E-state index in [-0.39, 0.29) is 5.91 Å². The van der Waals surface area contributed by atoms with E-state index in [2.05, 4.69) is 5.32 Å². The van der Waals surface area contributed by atoms with Crippen molar-refractivity contribution in [2.24, 2.45) is 0 Å². The van der Waals surface area contributed by atoms with Gasteiger partial charge in [0.1, 0.15) is 24.7 Å². The molecule has 148 valence electrons. The highest BCUT2D eigenvalue weighted by molar-refractivity contribution is 6.32. The quantitative estimate of drug-likeness (QED) is 0.686. The van der Waals surface area contributed by atoms with Gasteiger partial charge in [-0.15, -0.1) is 0 Å². The van der Waals surface area contributed by atoms with E-state index in [1.807, 2.05) is 13.8 Å². The molecule has 6 nitrogen and oxygen atoms in total. The van der Waals surface area contributed by atoms with Gasteiger partial charge in [-0.2, -0.15) is 0 Å². The lowest BCUT2D eigenvalue weighted by atomic mass is 10.1. The molecule has 0 saturated carbocycles. The Morgan fingerprint density at radius 1 is 1.14 bits per heavy atom. The molecule has 0 aromatic heterocycles. The summed E-state index contributed by atoms with van der Waals surface area (Å²) in [6.07, 6.45) is 3.08. The molecule has 3 rings (SSSR count). The van der Waals surface area contributed by atoms with Crippen molar-refractivity contribution in [1.82, 2.24) is 0 Å². The number of hydrogen-bond donors (Lipinski definition) is 1. The van der Waals surface area contributed by atoms with Crippen LogP contribution in [0.5, 0.6) is 23.0 Å². The van der Waals surface area contributed by atoms with Crippen LogP contribution in [0.3, 0.4) is 0 Å². The average molecular weight is 404 g/mol. The maximum atomic E-state index is 12.4. The monoisotopic (exact) mass is 403 g/mol. The molecule has 0 bridgehead atoms. The SMILES string of the molecule is CCOc1ccc(OCC)c(NC(=O)/C=C/c2cc(Cl)c3c(c2)OCCO3)c1. The number of rotatable bonds is 7. The van der Waals surface area contributed by atoms with Crippen molar-refractivity contribution in [2.45, 2.75) is 13.8 Å². The van der Waals surface area contributed by atoms with Gasteiger partial charge in [0, 0.05) is 12.1 Å². The van der Waals surface area contributed by atoms with Crippen LogP contribution in [0.15, 0.2) is 36.4 Å². The van der Waals surface area contributed by atoms with Crippen molar-refractivity contribution in [3.8, 4) is 23.0 Å². The number of amides is 1. The number of benzene rings is 2. The van der Waals surface area contributed by atoms with Gasteiger partial charge in [-0.05, 0) is 49.8 Å². The Kier molecular flexibility index (Phi) is 6.66. The molecule has 7 heteroatoms. The number of carbonyl (C=O) groups excluding carboxylic acids is 1. The van der Waals surface area contributed by atoms with Gasteiger partial charge in [-0.25, -0.2) is 0 Å². The molecule has 0 radical (unpaired) electrons. The van der Waals surface area contributed by atoms with E-state index in [4.69, 9.17) is 30.5 Å². The maximum absolute atomic E-state index is 12.4. The maximum Gasteiger partial charge on any atom is 0.248 e. The molecule has 28 heavy (non-hydrogen) atoms. The number of ether oxygens (including phenoxy) is 4. The Morgan fingerprint density at radius 2 is 1.93 bits per heavy atom. The third-order valence-corrected chi connectivity index (χ3v) is 4.15. The summed E-state index contributed by atoms with van der Waals surface area (Å²) in [7, 11) is 0. The topological polar surface area (TPSA) is 66.0 Å². The van der Waals surface area contributed by atoms with Crippen molar-refractivity contribution < 1.29 is 23.7 Å². The van der Waals surface area contributed by atoms with Gasteiger partial charge in [0.25, 0.3) is 0 Å². The van der Waals surface area contributed by atoms with Crippen molar-refractivity contribution >= 4 is 29.3 Å². The molecule has 0 saturated heterocycles. The second kappa shape index (κ2) is 9.37. The normalized spacial score (nSPS) is 12.7. The number of nitrogens with one attached hydrogen (secondary N) is 1. The first kappa shape index (κ1) is 19.9. The summed E-state index contributed by atoms with van der Waals surface area (Å²) in [6, 6.07) is 8.82. The van der Waals surface area contributed by atoms with Gasteiger partial charge in [-0.3, -0.25) is 4.79 Å². The van der Waals surface area contributed by atoms with Gasteiger partial charge in [0.15, 0.2) is 11.5 Å². The van der Waals surface area contributed by atoms with Crippen LogP contribution in [0.4, 0.5) is 5.69 Å². The van der Waals surface area contributed by atoms with Gasteiger partial charge < -0.3 is 24.3 Å². The zero-order chi connectivity index (χ0) is 19.9. The van der Waals surface area contributed by atoms with E-state index in [0.717, 1.165) is 5.56 Å². The Bertz CT molecular complexity index is 881. The zero-order valence-electron chi connectivity index (χ0n) is 15.8. The Morgan fingerprint density at radius 3 is 2.71 bits per heavy atom. The first-order valence-electron chi connectivity index (χ1n) is 9.08. The van der Waals surface area contributed by atoms with Gasteiger partial charge in [0.2, 0.25) is 5.91 Å². The van der Waals surface area contributed by atoms with E-state index in [0.29, 0.717) is 60.1 Å². The van der Waals surface area contributed by atoms with E-state index < -0.39 is 0 Å². The molecular weight excluding hydrogens is 382 g/mol. The highest BCUT2D eigenvalue weighted by atomic mass is 35.5. The van der Waals surface area contributed by atoms with Crippen LogP contribution < -0.4 is 24.3 Å². The van der Waals surface area contributed by atoms with E-state index in [1.54, 1.807) is 36.4 Å². The third-order valence-electron chi connectivity index (χ3n) is 3.87. The molecule has 1 amide bonds. The Balaban J connectivity index is 1.75. The molecule has 1 N–H and O–H groups in total. The van der Waals surface area contributed by atoms with Crippen LogP contribution in [0.2, 0.25) is 5.02 Å². The minimum atomic E-state index is -0.305. The standard InChI is InChI=1S/C21H22ClNO5/c1-3-25-15-6-7-18(26-4-2)17(13-15)23-20(24)8-5-14-11-16(22)21-19(12-14)27-9-10-28-21/h5-8,11-13H,3-4,9-10H2,1-2H3,(H,23,24)/b8-5+. The summed E-state index contributed by atoms with van der Waals surface area (Å²) in [4.78, 5) is 12.4. The van der Waals surface area contributed by atoms with Crippen LogP contribution in [0.1, 0.15) is 19.4 Å². The highest BCUT2D eigenvalue weighted by Crippen LogP contribution is 2.38. The van der Waals surface area contributed by atoms with E-state index in [9.17, 15) is 4.79 Å². The Labute approximate surface area is 169 Å². The van der Waals surface area contributed by atoms with Crippen LogP contribution in [-0.2, 0) is 4.79 Å². The van der Waals surface area contributed by atoms with Crippen molar-refractivity contribution in [1.29, 1.82) is 0 Å². The van der Waals surface area contributed by atoms with Crippen LogP contribution in [0, 0.1) is 0 Å². The average Bonchev–Trinajstić information content (AvgIpc) is 2.69. The summed E-state index contributed by atoms with van der Waals surface area (Å²) in [5.41, 5.74) is 1.28. The molecule has 0 spiro atoms. The second-order valence-electron chi connectivity index (χ2n) is 5.87. The fourth-order valence-electron chi connectivity index (χ4n) is 2.72. The van der Waals surface area contributed by atoms with Crippen molar-refractivity contribution in [2.75, 3.05) is 31.7 Å². The molecule has 1 heterocycles. The number of anilines is 1. The second-order valence-corrected chi connectivity index (χ2v) is 6.28. The molecular formula is C21H22ClNO5. The molecule has 2 aromatic carbocycles. The summed E-state index contributed by atoms with van der Waals surface area (Å²) in [5.74, 6) is 2.03. The number of halogens is 1. The third kappa shape index (κ3) is 4.89. The molecule has 0 atom stereocenters. The van der Waals surface area contributed by atoms with Crippen LogP contribution >= 0.6 is 11.6 Å². The lowest BCUT2D eigenvalue weighted by Gasteiger charge is -2.19. The lowest BCUT2D eigenvalue weighted by molar-refractivity contribution is -0.111. The van der Waals surface area contributed by atoms with Gasteiger partial charge in [-0.1, -0.05) is 11.6 Å². The predicted octanol–water partition coefficient (Wildman–Crippen LogP) is 4.56. The van der Waals surface area contributed by atoms with Gasteiger partial charge >= 0.3 is 0 Å². The fourth-order valence-corrected chi connectivity index (χ4v) is 2.99. The van der Waals surface area contributed by atoms with Crippen molar-refractivity contribution in [3.05, 3.63) is 47.0 Å². The summed E-state index contributed by atoms with van der Waals surface area (Å²) >= 11 is 6.23. The first-order chi connectivity index (χ1) is 13.6. The highest BCUT2D eigenvalue weighted by Gasteiger charge is 2.16. The summed E-state index contributed by atoms with van der Waals surface area (Å²) < 4.78 is 22.1. The van der Waals surface area contributed by atoms with Crippen LogP contribution in [0.25, 0.3) is 6.08 Å². The minimum Gasteiger partial charge on any atom is -0.494 e. The smallest absolute Gasteiger partial charge is 0.248 e. The largest absolute Gasteiger partial charge is 0.494 e. The number of hydrogen-bond acceptors (Lipinski definition) is 5. The fraction of sp³-hybridized carbons (Fsp3) is 0.286. The summed E-state index contributed by atoms with van der Waals surface area (Å²) in [6.45, 7) is 5.73. The molecule has 0 fully saturated rings. The molecule has 0 unspecified atom stereocenters. The molecule has 1 aliphatic heterocycles. The number of carbonyl (C=O) groups is 1. The molecule has 2 aromatic rings. The minimum absolute atomic E-state index is 0.305.